The van der Waals surface area contributed by atoms with E-state index in [1.54, 1.807) is 18.2 Å². The number of carbonyl (C=O) groups excluding carboxylic acids is 1. The number of cyclic esters (lactones) is 1. The SMILES string of the molecule is N#Cc1ccc2c(c1)O[C@@H](CN1CCC(CCN3C(=O)OC[C@@H]3Cc3ccccc3)CC1)CO2. The zero-order valence-electron chi connectivity index (χ0n) is 19.4. The molecule has 1 amide bonds. The van der Waals surface area contributed by atoms with Gasteiger partial charge in [-0.25, -0.2) is 4.79 Å². The van der Waals surface area contributed by atoms with Gasteiger partial charge in [0.2, 0.25) is 0 Å². The van der Waals surface area contributed by atoms with Crippen LogP contribution in [0.3, 0.4) is 0 Å². The van der Waals surface area contributed by atoms with Gasteiger partial charge in [-0.1, -0.05) is 30.3 Å². The van der Waals surface area contributed by atoms with Gasteiger partial charge >= 0.3 is 6.09 Å². The second-order valence-electron chi connectivity index (χ2n) is 9.47. The van der Waals surface area contributed by atoms with E-state index in [4.69, 9.17) is 19.5 Å². The van der Waals surface area contributed by atoms with Crippen LogP contribution >= 0.6 is 0 Å². The summed E-state index contributed by atoms with van der Waals surface area (Å²) in [6.45, 7) is 4.63. The van der Waals surface area contributed by atoms with Gasteiger partial charge in [-0.15, -0.1) is 0 Å². The molecule has 7 heteroatoms. The van der Waals surface area contributed by atoms with E-state index >= 15 is 0 Å². The number of hydrogen-bond acceptors (Lipinski definition) is 6. The van der Waals surface area contributed by atoms with Crippen LogP contribution in [0.15, 0.2) is 48.5 Å². The van der Waals surface area contributed by atoms with Crippen LogP contribution in [0.4, 0.5) is 4.79 Å². The molecule has 2 fully saturated rings. The molecule has 3 aliphatic heterocycles. The lowest BCUT2D eigenvalue weighted by molar-refractivity contribution is 0.0465. The lowest BCUT2D eigenvalue weighted by Gasteiger charge is -2.36. The summed E-state index contributed by atoms with van der Waals surface area (Å²) >= 11 is 0. The number of ether oxygens (including phenoxy) is 3. The maximum Gasteiger partial charge on any atom is 0.410 e. The van der Waals surface area contributed by atoms with Crippen LogP contribution in [0.25, 0.3) is 0 Å². The predicted octanol–water partition coefficient (Wildman–Crippen LogP) is 3.86. The van der Waals surface area contributed by atoms with Crippen molar-refractivity contribution >= 4 is 6.09 Å². The number of rotatable bonds is 7. The molecule has 3 heterocycles. The number of likely N-dealkylation sites (tertiary alicyclic amines) is 1. The largest absolute Gasteiger partial charge is 0.486 e. The Morgan fingerprint density at radius 1 is 1.00 bits per heavy atom. The number of amides is 1. The predicted molar refractivity (Wildman–Crippen MR) is 127 cm³/mol. The van der Waals surface area contributed by atoms with Crippen LogP contribution in [0.2, 0.25) is 0 Å². The Morgan fingerprint density at radius 2 is 1.82 bits per heavy atom. The lowest BCUT2D eigenvalue weighted by atomic mass is 9.93. The summed E-state index contributed by atoms with van der Waals surface area (Å²) < 4.78 is 17.3. The second-order valence-corrected chi connectivity index (χ2v) is 9.47. The van der Waals surface area contributed by atoms with Gasteiger partial charge in [0.05, 0.1) is 17.7 Å². The maximum atomic E-state index is 12.3. The third-order valence-corrected chi connectivity index (χ3v) is 7.13. The number of benzene rings is 2. The monoisotopic (exact) mass is 461 g/mol. The second kappa shape index (κ2) is 10.4. The highest BCUT2D eigenvalue weighted by molar-refractivity contribution is 5.70. The normalized spacial score (nSPS) is 22.9. The Balaban J connectivity index is 1.06. The highest BCUT2D eigenvalue weighted by Gasteiger charge is 2.33. The topological polar surface area (TPSA) is 75.0 Å². The number of fused-ring (bicyclic) bond motifs is 1. The van der Waals surface area contributed by atoms with Crippen molar-refractivity contribution in [2.45, 2.75) is 37.8 Å². The first kappa shape index (κ1) is 22.5. The number of carbonyl (C=O) groups is 1. The first-order valence-electron chi connectivity index (χ1n) is 12.2. The molecular weight excluding hydrogens is 430 g/mol. The standard InChI is InChI=1S/C27H31N3O4/c28-16-22-6-7-25-26(15-22)34-24(19-32-25)17-29-11-8-20(9-12-29)10-13-30-23(18-33-27(30)31)14-21-4-2-1-3-5-21/h1-7,15,20,23-24H,8-14,17-19H2/t23-,24-/m0/s1. The Hall–Kier alpha value is -3.24. The Kier molecular flexibility index (Phi) is 6.87. The number of piperidine rings is 1. The van der Waals surface area contributed by atoms with Crippen LogP contribution < -0.4 is 9.47 Å². The fourth-order valence-electron chi connectivity index (χ4n) is 5.16. The lowest BCUT2D eigenvalue weighted by Crippen LogP contribution is -2.44. The fourth-order valence-corrected chi connectivity index (χ4v) is 5.16. The number of nitriles is 1. The van der Waals surface area contributed by atoms with E-state index in [0.29, 0.717) is 36.2 Å². The average molecular weight is 462 g/mol. The summed E-state index contributed by atoms with van der Waals surface area (Å²) in [5.41, 5.74) is 1.82. The highest BCUT2D eigenvalue weighted by atomic mass is 16.6. The summed E-state index contributed by atoms with van der Waals surface area (Å²) in [5.74, 6) is 1.98. The third kappa shape index (κ3) is 5.28. The molecule has 0 aliphatic carbocycles. The van der Waals surface area contributed by atoms with Gasteiger partial charge in [0.1, 0.15) is 19.3 Å². The summed E-state index contributed by atoms with van der Waals surface area (Å²) in [4.78, 5) is 16.7. The molecule has 5 rings (SSSR count). The quantitative estimate of drug-likeness (QED) is 0.623. The number of hydrogen-bond donors (Lipinski definition) is 0. The molecule has 0 spiro atoms. The van der Waals surface area contributed by atoms with Gasteiger partial charge in [0.25, 0.3) is 0 Å². The van der Waals surface area contributed by atoms with E-state index in [-0.39, 0.29) is 18.2 Å². The molecule has 0 unspecified atom stereocenters. The van der Waals surface area contributed by atoms with Crippen molar-refractivity contribution in [2.24, 2.45) is 5.92 Å². The minimum Gasteiger partial charge on any atom is -0.486 e. The van der Waals surface area contributed by atoms with Crippen molar-refractivity contribution in [3.8, 4) is 17.6 Å². The minimum absolute atomic E-state index is 0.0314. The van der Waals surface area contributed by atoms with E-state index in [9.17, 15) is 4.79 Å². The molecule has 2 aromatic carbocycles. The fraction of sp³-hybridized carbons (Fsp3) is 0.481. The molecular formula is C27H31N3O4. The van der Waals surface area contributed by atoms with Crippen molar-refractivity contribution in [3.05, 3.63) is 59.7 Å². The first-order chi connectivity index (χ1) is 16.7. The van der Waals surface area contributed by atoms with E-state index in [0.717, 1.165) is 51.9 Å². The Labute approximate surface area is 200 Å². The molecule has 0 radical (unpaired) electrons. The van der Waals surface area contributed by atoms with Crippen LogP contribution in [-0.4, -0.2) is 67.4 Å². The van der Waals surface area contributed by atoms with Gasteiger partial charge in [-0.2, -0.15) is 5.26 Å². The van der Waals surface area contributed by atoms with Crippen LogP contribution in [0.1, 0.15) is 30.4 Å². The van der Waals surface area contributed by atoms with Gasteiger partial charge < -0.3 is 19.1 Å². The van der Waals surface area contributed by atoms with Crippen molar-refractivity contribution in [2.75, 3.05) is 39.4 Å². The van der Waals surface area contributed by atoms with Gasteiger partial charge in [-0.05, 0) is 62.4 Å². The number of nitrogens with zero attached hydrogens (tertiary/aromatic N) is 3. The molecule has 2 saturated heterocycles. The smallest absolute Gasteiger partial charge is 0.410 e. The average Bonchev–Trinajstić information content (AvgIpc) is 3.22. The molecule has 0 aromatic heterocycles. The zero-order chi connectivity index (χ0) is 23.3. The molecule has 3 aliphatic rings. The molecule has 0 bridgehead atoms. The highest BCUT2D eigenvalue weighted by Crippen LogP contribution is 2.33. The molecule has 34 heavy (non-hydrogen) atoms. The van der Waals surface area contributed by atoms with E-state index in [2.05, 4.69) is 23.1 Å². The summed E-state index contributed by atoms with van der Waals surface area (Å²) in [6, 6.07) is 17.9. The van der Waals surface area contributed by atoms with Crippen molar-refractivity contribution in [1.82, 2.24) is 9.80 Å². The zero-order valence-corrected chi connectivity index (χ0v) is 19.4. The Morgan fingerprint density at radius 3 is 2.62 bits per heavy atom. The van der Waals surface area contributed by atoms with Crippen molar-refractivity contribution in [3.63, 3.8) is 0 Å². The summed E-state index contributed by atoms with van der Waals surface area (Å²) in [6.07, 6.45) is 3.89. The van der Waals surface area contributed by atoms with E-state index in [1.165, 1.54) is 5.56 Å². The summed E-state index contributed by atoms with van der Waals surface area (Å²) in [7, 11) is 0. The van der Waals surface area contributed by atoms with Gasteiger partial charge in [0, 0.05) is 19.2 Å². The van der Waals surface area contributed by atoms with Crippen molar-refractivity contribution in [1.29, 1.82) is 5.26 Å². The van der Waals surface area contributed by atoms with E-state index in [1.807, 2.05) is 23.1 Å². The van der Waals surface area contributed by atoms with Crippen LogP contribution in [0, 0.1) is 17.2 Å². The molecule has 2 aromatic rings. The van der Waals surface area contributed by atoms with Crippen molar-refractivity contribution < 1.29 is 19.0 Å². The minimum atomic E-state index is -0.173. The van der Waals surface area contributed by atoms with E-state index < -0.39 is 0 Å². The molecule has 178 valence electrons. The molecule has 0 saturated carbocycles. The van der Waals surface area contributed by atoms with Crippen LogP contribution in [-0.2, 0) is 11.2 Å². The van der Waals surface area contributed by atoms with Gasteiger partial charge in [0.15, 0.2) is 11.5 Å². The summed E-state index contributed by atoms with van der Waals surface area (Å²) in [5, 5.41) is 9.12. The molecule has 0 N–H and O–H groups in total. The third-order valence-electron chi connectivity index (χ3n) is 7.13. The molecule has 2 atom stereocenters. The van der Waals surface area contributed by atoms with Crippen LogP contribution in [0.5, 0.6) is 11.5 Å². The maximum absolute atomic E-state index is 12.3. The Bertz CT molecular complexity index is 1030. The first-order valence-corrected chi connectivity index (χ1v) is 12.2. The molecule has 7 nitrogen and oxygen atoms in total. The van der Waals surface area contributed by atoms with Gasteiger partial charge in [-0.3, -0.25) is 4.90 Å².